The molecule has 1 aromatic carbocycles. The predicted molar refractivity (Wildman–Crippen MR) is 67.7 cm³/mol. The minimum atomic E-state index is 0.949. The average molecular weight is 223 g/mol. The fourth-order valence-corrected chi connectivity index (χ4v) is 1.99. The van der Waals surface area contributed by atoms with E-state index in [1.54, 1.807) is 0 Å². The van der Waals surface area contributed by atoms with Crippen LogP contribution in [0.5, 0.6) is 0 Å². The summed E-state index contributed by atoms with van der Waals surface area (Å²) in [7, 11) is 0. The van der Waals surface area contributed by atoms with E-state index in [4.69, 9.17) is 0 Å². The summed E-state index contributed by atoms with van der Waals surface area (Å²) >= 11 is 0. The third kappa shape index (κ3) is 2.04. The van der Waals surface area contributed by atoms with Gasteiger partial charge in [-0.2, -0.15) is 0 Å². The predicted octanol–water partition coefficient (Wildman–Crippen LogP) is 2.67. The quantitative estimate of drug-likeness (QED) is 0.683. The number of aromatic nitrogens is 3. The van der Waals surface area contributed by atoms with Crippen molar-refractivity contribution in [3.63, 3.8) is 0 Å². The van der Waals surface area contributed by atoms with Crippen LogP contribution in [0.2, 0.25) is 0 Å². The van der Waals surface area contributed by atoms with Gasteiger partial charge >= 0.3 is 0 Å². The lowest BCUT2D eigenvalue weighted by Crippen LogP contribution is -1.99. The Balaban J connectivity index is 1.82. The summed E-state index contributed by atoms with van der Waals surface area (Å²) in [6, 6.07) is 12.3. The Morgan fingerprint density at radius 2 is 1.82 bits per heavy atom. The van der Waals surface area contributed by atoms with Crippen molar-refractivity contribution in [2.75, 3.05) is 0 Å². The summed E-state index contributed by atoms with van der Waals surface area (Å²) < 4.78 is 2.19. The molecular formula is C14H13N3. The highest BCUT2D eigenvalue weighted by molar-refractivity contribution is 5.74. The minimum absolute atomic E-state index is 0.949. The van der Waals surface area contributed by atoms with Crippen LogP contribution in [0.3, 0.4) is 0 Å². The Hall–Kier alpha value is -2.16. The largest absolute Gasteiger partial charge is 0.330 e. The van der Waals surface area contributed by atoms with Gasteiger partial charge in [-0.25, -0.2) is 4.98 Å². The van der Waals surface area contributed by atoms with Gasteiger partial charge in [0.2, 0.25) is 0 Å². The van der Waals surface area contributed by atoms with Gasteiger partial charge in [0.15, 0.2) is 0 Å². The molecule has 0 aliphatic rings. The van der Waals surface area contributed by atoms with E-state index in [1.807, 2.05) is 36.9 Å². The lowest BCUT2D eigenvalue weighted by Gasteiger charge is -2.04. The standard InChI is InChI=1S/C14H13N3/c1-2-4-14-13(3-1)16-11-17(14)10-7-12-5-8-15-9-6-12/h1-6,8-9,11H,7,10H2. The number of rotatable bonds is 3. The third-order valence-electron chi connectivity index (χ3n) is 2.92. The molecule has 84 valence electrons. The van der Waals surface area contributed by atoms with Gasteiger partial charge in [-0.3, -0.25) is 4.98 Å². The summed E-state index contributed by atoms with van der Waals surface area (Å²) in [5, 5.41) is 0. The maximum atomic E-state index is 4.38. The molecule has 0 saturated heterocycles. The van der Waals surface area contributed by atoms with Gasteiger partial charge in [0, 0.05) is 18.9 Å². The van der Waals surface area contributed by atoms with Crippen LogP contribution in [0.4, 0.5) is 0 Å². The molecule has 0 radical (unpaired) electrons. The van der Waals surface area contributed by atoms with Crippen LogP contribution >= 0.6 is 0 Å². The molecule has 0 spiro atoms. The molecule has 0 aliphatic heterocycles. The summed E-state index contributed by atoms with van der Waals surface area (Å²) in [6.45, 7) is 0.949. The van der Waals surface area contributed by atoms with Crippen molar-refractivity contribution in [1.82, 2.24) is 14.5 Å². The molecule has 3 heteroatoms. The molecule has 0 amide bonds. The molecule has 17 heavy (non-hydrogen) atoms. The number of fused-ring (bicyclic) bond motifs is 1. The molecule has 0 saturated carbocycles. The maximum absolute atomic E-state index is 4.38. The van der Waals surface area contributed by atoms with Crippen LogP contribution < -0.4 is 0 Å². The van der Waals surface area contributed by atoms with Crippen molar-refractivity contribution >= 4 is 11.0 Å². The normalized spacial score (nSPS) is 10.8. The number of hydrogen-bond donors (Lipinski definition) is 0. The molecule has 0 bridgehead atoms. The first kappa shape index (κ1) is 10.0. The molecule has 0 fully saturated rings. The lowest BCUT2D eigenvalue weighted by molar-refractivity contribution is 0.715. The SMILES string of the molecule is c1ccc2c(c1)ncn2CCc1ccncc1. The highest BCUT2D eigenvalue weighted by Crippen LogP contribution is 2.12. The van der Waals surface area contributed by atoms with Gasteiger partial charge in [-0.15, -0.1) is 0 Å². The first-order valence-corrected chi connectivity index (χ1v) is 5.72. The van der Waals surface area contributed by atoms with E-state index in [0.29, 0.717) is 0 Å². The average Bonchev–Trinajstić information content (AvgIpc) is 2.81. The number of para-hydroxylation sites is 2. The van der Waals surface area contributed by atoms with Crippen LogP contribution in [0.25, 0.3) is 11.0 Å². The first-order chi connectivity index (χ1) is 8.43. The maximum Gasteiger partial charge on any atom is 0.0958 e. The summed E-state index contributed by atoms with van der Waals surface area (Å²) in [6.07, 6.45) is 6.58. The van der Waals surface area contributed by atoms with Crippen molar-refractivity contribution in [2.24, 2.45) is 0 Å². The van der Waals surface area contributed by atoms with Crippen LogP contribution in [0, 0.1) is 0 Å². The van der Waals surface area contributed by atoms with Gasteiger partial charge < -0.3 is 4.57 Å². The van der Waals surface area contributed by atoms with E-state index in [0.717, 1.165) is 18.5 Å². The van der Waals surface area contributed by atoms with Gasteiger partial charge in [0.25, 0.3) is 0 Å². The Morgan fingerprint density at radius 3 is 2.71 bits per heavy atom. The fraction of sp³-hybridized carbons (Fsp3) is 0.143. The van der Waals surface area contributed by atoms with E-state index in [9.17, 15) is 0 Å². The molecule has 0 atom stereocenters. The minimum Gasteiger partial charge on any atom is -0.330 e. The number of pyridine rings is 1. The number of nitrogens with zero attached hydrogens (tertiary/aromatic N) is 3. The van der Waals surface area contributed by atoms with Crippen molar-refractivity contribution in [3.05, 3.63) is 60.7 Å². The van der Waals surface area contributed by atoms with Crippen molar-refractivity contribution in [1.29, 1.82) is 0 Å². The number of aryl methyl sites for hydroxylation is 2. The Labute approximate surface area is 99.8 Å². The van der Waals surface area contributed by atoms with Gasteiger partial charge in [0.1, 0.15) is 0 Å². The zero-order valence-electron chi connectivity index (χ0n) is 9.45. The monoisotopic (exact) mass is 223 g/mol. The third-order valence-corrected chi connectivity index (χ3v) is 2.92. The Kier molecular flexibility index (Phi) is 2.58. The van der Waals surface area contributed by atoms with E-state index in [-0.39, 0.29) is 0 Å². The van der Waals surface area contributed by atoms with E-state index in [2.05, 4.69) is 32.7 Å². The molecule has 2 aromatic heterocycles. The Morgan fingerprint density at radius 1 is 1.00 bits per heavy atom. The van der Waals surface area contributed by atoms with Crippen molar-refractivity contribution < 1.29 is 0 Å². The number of imidazole rings is 1. The first-order valence-electron chi connectivity index (χ1n) is 5.72. The van der Waals surface area contributed by atoms with Crippen LogP contribution in [0.15, 0.2) is 55.1 Å². The van der Waals surface area contributed by atoms with Gasteiger partial charge in [-0.05, 0) is 36.2 Å². The zero-order chi connectivity index (χ0) is 11.5. The second kappa shape index (κ2) is 4.37. The molecule has 3 nitrogen and oxygen atoms in total. The van der Waals surface area contributed by atoms with Crippen molar-refractivity contribution in [2.45, 2.75) is 13.0 Å². The lowest BCUT2D eigenvalue weighted by atomic mass is 10.2. The second-order valence-corrected chi connectivity index (χ2v) is 4.03. The number of benzene rings is 1. The zero-order valence-corrected chi connectivity index (χ0v) is 9.45. The summed E-state index contributed by atoms with van der Waals surface area (Å²) in [5.41, 5.74) is 3.56. The molecule has 3 rings (SSSR count). The van der Waals surface area contributed by atoms with Crippen LogP contribution in [-0.4, -0.2) is 14.5 Å². The molecule has 0 aliphatic carbocycles. The number of hydrogen-bond acceptors (Lipinski definition) is 2. The van der Waals surface area contributed by atoms with E-state index < -0.39 is 0 Å². The van der Waals surface area contributed by atoms with Gasteiger partial charge in [-0.1, -0.05) is 12.1 Å². The molecular weight excluding hydrogens is 210 g/mol. The molecule has 0 N–H and O–H groups in total. The second-order valence-electron chi connectivity index (χ2n) is 4.03. The van der Waals surface area contributed by atoms with E-state index in [1.165, 1.54) is 11.1 Å². The van der Waals surface area contributed by atoms with Crippen LogP contribution in [0.1, 0.15) is 5.56 Å². The fourth-order valence-electron chi connectivity index (χ4n) is 1.99. The smallest absolute Gasteiger partial charge is 0.0958 e. The summed E-state index contributed by atoms with van der Waals surface area (Å²) in [5.74, 6) is 0. The van der Waals surface area contributed by atoms with Crippen molar-refractivity contribution in [3.8, 4) is 0 Å². The highest BCUT2D eigenvalue weighted by atomic mass is 15.0. The van der Waals surface area contributed by atoms with Gasteiger partial charge in [0.05, 0.1) is 17.4 Å². The molecule has 2 heterocycles. The Bertz CT molecular complexity index is 613. The molecule has 3 aromatic rings. The molecule has 0 unspecified atom stereocenters. The highest BCUT2D eigenvalue weighted by Gasteiger charge is 2.01. The van der Waals surface area contributed by atoms with E-state index >= 15 is 0 Å². The van der Waals surface area contributed by atoms with Crippen LogP contribution in [-0.2, 0) is 13.0 Å². The summed E-state index contributed by atoms with van der Waals surface area (Å²) in [4.78, 5) is 8.40. The topological polar surface area (TPSA) is 30.7 Å².